The highest BCUT2D eigenvalue weighted by molar-refractivity contribution is 6.42. The predicted octanol–water partition coefficient (Wildman–Crippen LogP) is 3.62. The zero-order valence-corrected chi connectivity index (χ0v) is 11.4. The molecule has 1 unspecified atom stereocenters. The van der Waals surface area contributed by atoms with E-state index in [0.717, 1.165) is 18.4 Å². The van der Waals surface area contributed by atoms with Gasteiger partial charge in [0, 0.05) is 18.9 Å². The van der Waals surface area contributed by atoms with Gasteiger partial charge in [-0.15, -0.1) is 0 Å². The van der Waals surface area contributed by atoms with Crippen molar-refractivity contribution in [2.45, 2.75) is 38.6 Å². The minimum atomic E-state index is -0.0322. The van der Waals surface area contributed by atoms with Gasteiger partial charge in [0.1, 0.15) is 5.78 Å². The zero-order valence-electron chi connectivity index (χ0n) is 9.88. The minimum absolute atomic E-state index is 0.0322. The summed E-state index contributed by atoms with van der Waals surface area (Å²) in [6.45, 7) is 2.06. The number of hydrogen-bond donors (Lipinski definition) is 1. The van der Waals surface area contributed by atoms with Crippen LogP contribution in [0.1, 0.15) is 31.7 Å². The first kappa shape index (κ1) is 14.5. The molecule has 0 aliphatic rings. The van der Waals surface area contributed by atoms with Gasteiger partial charge in [-0.05, 0) is 24.1 Å². The minimum Gasteiger partial charge on any atom is -0.327 e. The highest BCUT2D eigenvalue weighted by atomic mass is 35.5. The molecule has 0 spiro atoms. The van der Waals surface area contributed by atoms with Crippen LogP contribution >= 0.6 is 23.2 Å². The molecule has 17 heavy (non-hydrogen) atoms. The number of carbonyl (C=O) groups is 1. The molecule has 0 aliphatic heterocycles. The number of hydrogen-bond acceptors (Lipinski definition) is 2. The summed E-state index contributed by atoms with van der Waals surface area (Å²) in [6, 6.07) is 5.22. The maximum atomic E-state index is 11.7. The molecule has 0 bridgehead atoms. The summed E-state index contributed by atoms with van der Waals surface area (Å²) in [5.74, 6) is 0.143. The summed E-state index contributed by atoms with van der Waals surface area (Å²) in [5, 5.41) is 0.986. The van der Waals surface area contributed by atoms with E-state index in [4.69, 9.17) is 28.9 Å². The summed E-state index contributed by atoms with van der Waals surface area (Å²) in [5.41, 5.74) is 6.71. The Kier molecular flexibility index (Phi) is 5.96. The van der Waals surface area contributed by atoms with Crippen LogP contribution in [0.4, 0.5) is 0 Å². The third kappa shape index (κ3) is 5.07. The van der Waals surface area contributed by atoms with Crippen LogP contribution in [-0.2, 0) is 11.2 Å². The number of halogens is 2. The first-order valence-electron chi connectivity index (χ1n) is 5.74. The summed E-state index contributed by atoms with van der Waals surface area (Å²) < 4.78 is 0. The van der Waals surface area contributed by atoms with Gasteiger partial charge in [-0.1, -0.05) is 42.6 Å². The molecule has 0 radical (unpaired) electrons. The molecule has 0 aliphatic carbocycles. The summed E-state index contributed by atoms with van der Waals surface area (Å²) >= 11 is 11.7. The molecule has 0 amide bonds. The lowest BCUT2D eigenvalue weighted by Gasteiger charge is -2.09. The van der Waals surface area contributed by atoms with Gasteiger partial charge >= 0.3 is 0 Å². The van der Waals surface area contributed by atoms with Crippen molar-refractivity contribution < 1.29 is 4.79 Å². The molecular formula is C13H17Cl2NO. The Balaban J connectivity index is 2.53. The van der Waals surface area contributed by atoms with Crippen LogP contribution in [-0.4, -0.2) is 11.8 Å². The average Bonchev–Trinajstić information content (AvgIpc) is 2.23. The number of rotatable bonds is 6. The van der Waals surface area contributed by atoms with Crippen LogP contribution in [0.5, 0.6) is 0 Å². The van der Waals surface area contributed by atoms with Crippen molar-refractivity contribution in [1.29, 1.82) is 0 Å². The first-order chi connectivity index (χ1) is 8.02. The third-order valence-electron chi connectivity index (χ3n) is 2.53. The standard InChI is InChI=1S/C13H17Cl2NO/c1-2-3-10(16)8-11(17)6-9-4-5-12(14)13(15)7-9/h4-5,7,10H,2-3,6,8,16H2,1H3. The second-order valence-electron chi connectivity index (χ2n) is 4.22. The summed E-state index contributed by atoms with van der Waals surface area (Å²) in [6.07, 6.45) is 2.68. The molecule has 2 N–H and O–H groups in total. The largest absolute Gasteiger partial charge is 0.327 e. The second-order valence-corrected chi connectivity index (χ2v) is 5.03. The molecule has 0 heterocycles. The molecule has 0 saturated carbocycles. The van der Waals surface area contributed by atoms with E-state index in [-0.39, 0.29) is 11.8 Å². The van der Waals surface area contributed by atoms with Crippen molar-refractivity contribution in [3.05, 3.63) is 33.8 Å². The lowest BCUT2D eigenvalue weighted by atomic mass is 10.0. The van der Waals surface area contributed by atoms with Crippen LogP contribution in [0.3, 0.4) is 0 Å². The lowest BCUT2D eigenvalue weighted by molar-refractivity contribution is -0.118. The average molecular weight is 274 g/mol. The van der Waals surface area contributed by atoms with Crippen LogP contribution < -0.4 is 5.73 Å². The van der Waals surface area contributed by atoms with Crippen LogP contribution in [0.2, 0.25) is 10.0 Å². The fourth-order valence-corrected chi connectivity index (χ4v) is 2.04. The molecule has 94 valence electrons. The van der Waals surface area contributed by atoms with Crippen molar-refractivity contribution >= 4 is 29.0 Å². The molecule has 2 nitrogen and oxygen atoms in total. The summed E-state index contributed by atoms with van der Waals surface area (Å²) in [4.78, 5) is 11.7. The topological polar surface area (TPSA) is 43.1 Å². The van der Waals surface area contributed by atoms with E-state index >= 15 is 0 Å². The molecular weight excluding hydrogens is 257 g/mol. The van der Waals surface area contributed by atoms with E-state index in [1.54, 1.807) is 12.1 Å². The molecule has 1 atom stereocenters. The quantitative estimate of drug-likeness (QED) is 0.860. The zero-order chi connectivity index (χ0) is 12.8. The maximum Gasteiger partial charge on any atom is 0.138 e. The summed E-state index contributed by atoms with van der Waals surface area (Å²) in [7, 11) is 0. The number of nitrogens with two attached hydrogens (primary N) is 1. The second kappa shape index (κ2) is 7.00. The highest BCUT2D eigenvalue weighted by Gasteiger charge is 2.10. The first-order valence-corrected chi connectivity index (χ1v) is 6.49. The molecule has 0 saturated heterocycles. The Morgan fingerprint density at radius 2 is 2.06 bits per heavy atom. The third-order valence-corrected chi connectivity index (χ3v) is 3.27. The van der Waals surface area contributed by atoms with Gasteiger partial charge in [-0.3, -0.25) is 4.79 Å². The number of benzene rings is 1. The van der Waals surface area contributed by atoms with E-state index in [1.165, 1.54) is 0 Å². The Bertz CT molecular complexity index is 393. The number of carbonyl (C=O) groups excluding carboxylic acids is 1. The van der Waals surface area contributed by atoms with Gasteiger partial charge in [-0.25, -0.2) is 0 Å². The van der Waals surface area contributed by atoms with Crippen molar-refractivity contribution in [2.75, 3.05) is 0 Å². The van der Waals surface area contributed by atoms with Crippen molar-refractivity contribution in [1.82, 2.24) is 0 Å². The van der Waals surface area contributed by atoms with Gasteiger partial charge in [0.05, 0.1) is 10.0 Å². The van der Waals surface area contributed by atoms with E-state index < -0.39 is 0 Å². The Hall–Kier alpha value is -0.570. The van der Waals surface area contributed by atoms with Gasteiger partial charge in [0.15, 0.2) is 0 Å². The van der Waals surface area contributed by atoms with Gasteiger partial charge in [0.25, 0.3) is 0 Å². The lowest BCUT2D eigenvalue weighted by Crippen LogP contribution is -2.24. The molecule has 0 aromatic heterocycles. The van der Waals surface area contributed by atoms with Crippen molar-refractivity contribution in [3.63, 3.8) is 0 Å². The van der Waals surface area contributed by atoms with Crippen LogP contribution in [0.25, 0.3) is 0 Å². The van der Waals surface area contributed by atoms with Crippen molar-refractivity contribution in [2.24, 2.45) is 5.73 Å². The highest BCUT2D eigenvalue weighted by Crippen LogP contribution is 2.23. The predicted molar refractivity (Wildman–Crippen MR) is 72.7 cm³/mol. The van der Waals surface area contributed by atoms with Crippen LogP contribution in [0.15, 0.2) is 18.2 Å². The number of Topliss-reactive ketones (excluding diaryl/α,β-unsaturated/α-hetero) is 1. The fourth-order valence-electron chi connectivity index (χ4n) is 1.71. The molecule has 1 aromatic rings. The molecule has 1 aromatic carbocycles. The molecule has 0 fully saturated rings. The Morgan fingerprint density at radius 3 is 2.65 bits per heavy atom. The Labute approximate surface area is 112 Å². The number of ketones is 1. The smallest absolute Gasteiger partial charge is 0.138 e. The maximum absolute atomic E-state index is 11.7. The van der Waals surface area contributed by atoms with E-state index in [0.29, 0.717) is 22.9 Å². The molecule has 1 rings (SSSR count). The van der Waals surface area contributed by atoms with Crippen molar-refractivity contribution in [3.8, 4) is 0 Å². The van der Waals surface area contributed by atoms with E-state index in [1.807, 2.05) is 6.07 Å². The normalized spacial score (nSPS) is 12.5. The van der Waals surface area contributed by atoms with Gasteiger partial charge in [-0.2, -0.15) is 0 Å². The van der Waals surface area contributed by atoms with Crippen LogP contribution in [0, 0.1) is 0 Å². The Morgan fingerprint density at radius 1 is 1.35 bits per heavy atom. The van der Waals surface area contributed by atoms with E-state index in [2.05, 4.69) is 6.92 Å². The van der Waals surface area contributed by atoms with E-state index in [9.17, 15) is 4.79 Å². The molecule has 4 heteroatoms. The van der Waals surface area contributed by atoms with Gasteiger partial charge < -0.3 is 5.73 Å². The van der Waals surface area contributed by atoms with Gasteiger partial charge in [0.2, 0.25) is 0 Å². The monoisotopic (exact) mass is 273 g/mol. The fraction of sp³-hybridized carbons (Fsp3) is 0.462. The SMILES string of the molecule is CCCC(N)CC(=O)Cc1ccc(Cl)c(Cl)c1.